The smallest absolute Gasteiger partial charge is 0.253 e. The van der Waals surface area contributed by atoms with Crippen molar-refractivity contribution in [2.75, 3.05) is 11.9 Å². The van der Waals surface area contributed by atoms with E-state index in [2.05, 4.69) is 36.3 Å². The van der Waals surface area contributed by atoms with Crippen molar-refractivity contribution in [1.29, 1.82) is 0 Å². The third-order valence-electron chi connectivity index (χ3n) is 3.03. The number of hydrogen-bond acceptors (Lipinski definition) is 5. The Morgan fingerprint density at radius 3 is 3.00 bits per heavy atom. The Balaban J connectivity index is 1.73. The molecule has 0 unspecified atom stereocenters. The van der Waals surface area contributed by atoms with E-state index in [9.17, 15) is 4.79 Å². The molecule has 21 heavy (non-hydrogen) atoms. The quantitative estimate of drug-likeness (QED) is 0.772. The highest BCUT2D eigenvalue weighted by Gasteiger charge is 2.05. The highest BCUT2D eigenvalue weighted by atomic mass is 79.9. The molecule has 0 radical (unpaired) electrons. The molecule has 0 aliphatic rings. The molecule has 0 aliphatic carbocycles. The minimum Gasteiger partial charge on any atom is -0.366 e. The highest BCUT2D eigenvalue weighted by Crippen LogP contribution is 2.19. The molecule has 3 heterocycles. The molecule has 0 aromatic carbocycles. The van der Waals surface area contributed by atoms with E-state index in [-0.39, 0.29) is 5.56 Å². The largest absolute Gasteiger partial charge is 0.366 e. The number of rotatable bonds is 4. The number of anilines is 1. The van der Waals surface area contributed by atoms with Crippen LogP contribution in [0.4, 0.5) is 5.82 Å². The summed E-state index contributed by atoms with van der Waals surface area (Å²) in [6.45, 7) is 2.89. The second-order valence-corrected chi connectivity index (χ2v) is 5.50. The minimum absolute atomic E-state index is 0.0532. The number of nitrogens with one attached hydrogen (secondary N) is 1. The summed E-state index contributed by atoms with van der Waals surface area (Å²) >= 11 is 3.41. The van der Waals surface area contributed by atoms with Crippen LogP contribution in [-0.4, -0.2) is 30.7 Å². The Morgan fingerprint density at radius 1 is 1.33 bits per heavy atom. The molecule has 7 nitrogen and oxygen atoms in total. The molecule has 3 aromatic heterocycles. The summed E-state index contributed by atoms with van der Waals surface area (Å²) in [5, 5.41) is 7.33. The summed E-state index contributed by atoms with van der Waals surface area (Å²) in [5.74, 6) is 0.726. The number of nitrogens with zero attached hydrogens (tertiary/aromatic N) is 5. The summed E-state index contributed by atoms with van der Waals surface area (Å²) in [4.78, 5) is 20.1. The minimum atomic E-state index is -0.0532. The standard InChI is InChI=1S/C13H13BrN6O/c1-9-4-12(21)19(8-17-9)3-2-15-13-11-5-10(14)6-20(11)18-7-16-13/h4-8H,2-3H2,1H3,(H,15,16,18). The first kappa shape index (κ1) is 13.7. The van der Waals surface area contributed by atoms with Gasteiger partial charge >= 0.3 is 0 Å². The zero-order chi connectivity index (χ0) is 14.8. The fourth-order valence-corrected chi connectivity index (χ4v) is 2.42. The first-order valence-corrected chi connectivity index (χ1v) is 7.18. The van der Waals surface area contributed by atoms with Crippen molar-refractivity contribution < 1.29 is 0 Å². The summed E-state index contributed by atoms with van der Waals surface area (Å²) in [6.07, 6.45) is 4.90. The Bertz CT molecular complexity index is 840. The van der Waals surface area contributed by atoms with Crippen LogP contribution in [0.25, 0.3) is 5.52 Å². The first-order valence-electron chi connectivity index (χ1n) is 6.39. The Morgan fingerprint density at radius 2 is 2.19 bits per heavy atom. The van der Waals surface area contributed by atoms with Crippen molar-refractivity contribution in [2.24, 2.45) is 0 Å². The van der Waals surface area contributed by atoms with E-state index in [1.165, 1.54) is 12.4 Å². The molecule has 0 fully saturated rings. The number of halogens is 1. The lowest BCUT2D eigenvalue weighted by molar-refractivity contribution is 0.675. The van der Waals surface area contributed by atoms with Crippen LogP contribution in [0.2, 0.25) is 0 Å². The molecule has 8 heteroatoms. The van der Waals surface area contributed by atoms with Crippen molar-refractivity contribution in [3.8, 4) is 0 Å². The number of aryl methyl sites for hydroxylation is 1. The van der Waals surface area contributed by atoms with Gasteiger partial charge in [-0.05, 0) is 28.9 Å². The van der Waals surface area contributed by atoms with Crippen LogP contribution in [0, 0.1) is 6.92 Å². The van der Waals surface area contributed by atoms with E-state index in [1.54, 1.807) is 22.3 Å². The zero-order valence-corrected chi connectivity index (χ0v) is 12.9. The summed E-state index contributed by atoms with van der Waals surface area (Å²) in [7, 11) is 0. The van der Waals surface area contributed by atoms with E-state index in [1.807, 2.05) is 12.3 Å². The molecule has 0 amide bonds. The fourth-order valence-electron chi connectivity index (χ4n) is 2.01. The van der Waals surface area contributed by atoms with Crippen molar-refractivity contribution in [2.45, 2.75) is 13.5 Å². The first-order chi connectivity index (χ1) is 10.1. The molecular formula is C13H13BrN6O. The van der Waals surface area contributed by atoms with Gasteiger partial charge in [0, 0.05) is 35.5 Å². The van der Waals surface area contributed by atoms with Crippen molar-refractivity contribution in [1.82, 2.24) is 24.1 Å². The molecule has 0 spiro atoms. The van der Waals surface area contributed by atoms with Crippen LogP contribution in [0.15, 0.2) is 40.3 Å². The molecule has 3 rings (SSSR count). The average molecular weight is 349 g/mol. The Hall–Kier alpha value is -2.22. The molecule has 0 saturated carbocycles. The van der Waals surface area contributed by atoms with Gasteiger partial charge in [0.25, 0.3) is 5.56 Å². The molecule has 1 N–H and O–H groups in total. The molecule has 0 aliphatic heterocycles. The maximum atomic E-state index is 11.8. The van der Waals surface area contributed by atoms with Gasteiger partial charge < -0.3 is 5.32 Å². The maximum absolute atomic E-state index is 11.8. The molecule has 108 valence electrons. The van der Waals surface area contributed by atoms with Gasteiger partial charge in [0.05, 0.1) is 6.33 Å². The summed E-state index contributed by atoms with van der Waals surface area (Å²) < 4.78 is 4.23. The van der Waals surface area contributed by atoms with Crippen LogP contribution in [0.1, 0.15) is 5.69 Å². The van der Waals surface area contributed by atoms with Crippen LogP contribution in [-0.2, 0) is 6.54 Å². The molecule has 3 aromatic rings. The lowest BCUT2D eigenvalue weighted by Gasteiger charge is -2.08. The van der Waals surface area contributed by atoms with Crippen LogP contribution >= 0.6 is 15.9 Å². The van der Waals surface area contributed by atoms with E-state index in [4.69, 9.17) is 0 Å². The highest BCUT2D eigenvalue weighted by molar-refractivity contribution is 9.10. The molecular weight excluding hydrogens is 336 g/mol. The maximum Gasteiger partial charge on any atom is 0.253 e. The third kappa shape index (κ3) is 2.94. The van der Waals surface area contributed by atoms with Gasteiger partial charge in [-0.1, -0.05) is 0 Å². The van der Waals surface area contributed by atoms with Crippen molar-refractivity contribution >= 4 is 27.3 Å². The van der Waals surface area contributed by atoms with Gasteiger partial charge in [0.1, 0.15) is 11.8 Å². The SMILES string of the molecule is Cc1cc(=O)n(CCNc2ncnn3cc(Br)cc23)cn1. The molecule has 0 bridgehead atoms. The van der Waals surface area contributed by atoms with E-state index >= 15 is 0 Å². The van der Waals surface area contributed by atoms with Crippen LogP contribution in [0.3, 0.4) is 0 Å². The van der Waals surface area contributed by atoms with E-state index in [0.717, 1.165) is 21.5 Å². The van der Waals surface area contributed by atoms with Gasteiger partial charge in [0.2, 0.25) is 0 Å². The normalized spacial score (nSPS) is 11.0. The third-order valence-corrected chi connectivity index (χ3v) is 3.47. The van der Waals surface area contributed by atoms with Gasteiger partial charge in [-0.15, -0.1) is 0 Å². The lowest BCUT2D eigenvalue weighted by Crippen LogP contribution is -2.24. The number of hydrogen-bond donors (Lipinski definition) is 1. The average Bonchev–Trinajstić information content (AvgIpc) is 2.82. The summed E-state index contributed by atoms with van der Waals surface area (Å²) in [6, 6.07) is 3.45. The predicted molar refractivity (Wildman–Crippen MR) is 82.4 cm³/mol. The van der Waals surface area contributed by atoms with E-state index < -0.39 is 0 Å². The van der Waals surface area contributed by atoms with E-state index in [0.29, 0.717) is 13.1 Å². The monoisotopic (exact) mass is 348 g/mol. The molecule has 0 saturated heterocycles. The van der Waals surface area contributed by atoms with Crippen LogP contribution in [0.5, 0.6) is 0 Å². The molecule has 0 atom stereocenters. The fraction of sp³-hybridized carbons (Fsp3) is 0.231. The summed E-state index contributed by atoms with van der Waals surface area (Å²) in [5.41, 5.74) is 1.54. The van der Waals surface area contributed by atoms with Gasteiger partial charge in [0.15, 0.2) is 5.82 Å². The predicted octanol–water partition coefficient (Wildman–Crippen LogP) is 1.47. The van der Waals surface area contributed by atoms with Gasteiger partial charge in [-0.2, -0.15) is 5.10 Å². The van der Waals surface area contributed by atoms with Crippen molar-refractivity contribution in [3.63, 3.8) is 0 Å². The Labute approximate surface area is 128 Å². The Kier molecular flexibility index (Phi) is 3.70. The van der Waals surface area contributed by atoms with Crippen LogP contribution < -0.4 is 10.9 Å². The van der Waals surface area contributed by atoms with Gasteiger partial charge in [-0.25, -0.2) is 14.5 Å². The topological polar surface area (TPSA) is 77.1 Å². The van der Waals surface area contributed by atoms with Crippen molar-refractivity contribution in [3.05, 3.63) is 51.5 Å². The lowest BCUT2D eigenvalue weighted by atomic mass is 10.4. The van der Waals surface area contributed by atoms with Gasteiger partial charge in [-0.3, -0.25) is 9.36 Å². The second kappa shape index (κ2) is 5.65. The zero-order valence-electron chi connectivity index (χ0n) is 11.3. The number of fused-ring (bicyclic) bond motifs is 1. The number of aromatic nitrogens is 5. The second-order valence-electron chi connectivity index (χ2n) is 4.59.